The maximum atomic E-state index is 6.22. The number of thiophene rings is 1. The molecular formula is C60H36N2OS. The van der Waals surface area contributed by atoms with Crippen molar-refractivity contribution in [3.05, 3.63) is 241 Å². The molecule has 14 rings (SSSR count). The highest BCUT2D eigenvalue weighted by Gasteiger charge is 2.51. The number of anilines is 3. The smallest absolute Gasteiger partial charge is 0.227 e. The molecule has 4 heteroatoms. The molecule has 0 unspecified atom stereocenters. The molecule has 2 aliphatic carbocycles. The van der Waals surface area contributed by atoms with E-state index < -0.39 is 5.41 Å². The lowest BCUT2D eigenvalue weighted by Gasteiger charge is -2.32. The number of nitrogens with zero attached hydrogens (tertiary/aromatic N) is 2. The molecule has 2 aliphatic rings. The van der Waals surface area contributed by atoms with Crippen LogP contribution in [0.5, 0.6) is 0 Å². The fraction of sp³-hybridized carbons (Fsp3) is 0.0167. The largest absolute Gasteiger partial charge is 0.436 e. The Kier molecular flexibility index (Phi) is 7.48. The van der Waals surface area contributed by atoms with E-state index in [-0.39, 0.29) is 0 Å². The zero-order valence-corrected chi connectivity index (χ0v) is 35.3. The lowest BCUT2D eigenvalue weighted by molar-refractivity contribution is 0.620. The van der Waals surface area contributed by atoms with Gasteiger partial charge in [0.1, 0.15) is 5.52 Å². The van der Waals surface area contributed by atoms with E-state index in [4.69, 9.17) is 9.40 Å². The molecule has 0 aliphatic heterocycles. The molecule has 0 atom stereocenters. The number of aromatic nitrogens is 1. The van der Waals surface area contributed by atoms with Crippen LogP contribution < -0.4 is 4.90 Å². The minimum atomic E-state index is -0.451. The fourth-order valence-corrected chi connectivity index (χ4v) is 12.2. The number of hydrogen-bond acceptors (Lipinski definition) is 4. The molecule has 64 heavy (non-hydrogen) atoms. The first kappa shape index (κ1) is 35.5. The summed E-state index contributed by atoms with van der Waals surface area (Å²) in [6.45, 7) is 0. The van der Waals surface area contributed by atoms with Gasteiger partial charge < -0.3 is 9.32 Å². The number of para-hydroxylation sites is 2. The molecule has 0 saturated carbocycles. The van der Waals surface area contributed by atoms with Gasteiger partial charge in [-0.15, -0.1) is 11.3 Å². The second-order valence-electron chi connectivity index (χ2n) is 17.0. The van der Waals surface area contributed by atoms with Crippen LogP contribution in [0, 0.1) is 0 Å². The lowest BCUT2D eigenvalue weighted by atomic mass is 9.70. The van der Waals surface area contributed by atoms with E-state index >= 15 is 0 Å². The summed E-state index contributed by atoms with van der Waals surface area (Å²) in [5.41, 5.74) is 18.2. The topological polar surface area (TPSA) is 29.3 Å². The van der Waals surface area contributed by atoms with E-state index in [1.807, 2.05) is 35.6 Å². The Bertz CT molecular complexity index is 3760. The average molecular weight is 833 g/mol. The highest BCUT2D eigenvalue weighted by Crippen LogP contribution is 2.63. The minimum Gasteiger partial charge on any atom is -0.436 e. The van der Waals surface area contributed by atoms with Crippen LogP contribution >= 0.6 is 11.3 Å². The third-order valence-electron chi connectivity index (χ3n) is 13.7. The summed E-state index contributed by atoms with van der Waals surface area (Å²) in [4.78, 5) is 7.22. The molecule has 10 aromatic carbocycles. The molecule has 2 heterocycles. The molecular weight excluding hydrogens is 797 g/mol. The maximum Gasteiger partial charge on any atom is 0.227 e. The Balaban J connectivity index is 0.955. The van der Waals surface area contributed by atoms with Crippen LogP contribution in [0.1, 0.15) is 22.3 Å². The molecule has 0 amide bonds. The van der Waals surface area contributed by atoms with Gasteiger partial charge in [0.05, 0.1) is 5.41 Å². The molecule has 1 spiro atoms. The van der Waals surface area contributed by atoms with Gasteiger partial charge in [0.25, 0.3) is 0 Å². The lowest BCUT2D eigenvalue weighted by Crippen LogP contribution is -2.26. The van der Waals surface area contributed by atoms with Crippen LogP contribution in [0.3, 0.4) is 0 Å². The summed E-state index contributed by atoms with van der Waals surface area (Å²) in [7, 11) is 0. The second-order valence-corrected chi connectivity index (χ2v) is 18.1. The van der Waals surface area contributed by atoms with E-state index in [0.717, 1.165) is 33.7 Å². The second kappa shape index (κ2) is 13.5. The highest BCUT2D eigenvalue weighted by molar-refractivity contribution is 7.26. The molecule has 0 radical (unpaired) electrons. The van der Waals surface area contributed by atoms with Crippen molar-refractivity contribution in [2.24, 2.45) is 0 Å². The summed E-state index contributed by atoms with van der Waals surface area (Å²) < 4.78 is 8.85. The predicted octanol–water partition coefficient (Wildman–Crippen LogP) is 16.5. The van der Waals surface area contributed by atoms with Crippen molar-refractivity contribution in [2.75, 3.05) is 4.90 Å². The third-order valence-corrected chi connectivity index (χ3v) is 14.8. The van der Waals surface area contributed by atoms with Crippen molar-refractivity contribution in [1.82, 2.24) is 4.98 Å². The summed E-state index contributed by atoms with van der Waals surface area (Å²) in [6.07, 6.45) is 0. The van der Waals surface area contributed by atoms with Crippen LogP contribution in [0.15, 0.2) is 223 Å². The van der Waals surface area contributed by atoms with Crippen molar-refractivity contribution >= 4 is 70.4 Å². The minimum absolute atomic E-state index is 0.451. The van der Waals surface area contributed by atoms with E-state index in [9.17, 15) is 0 Å². The monoisotopic (exact) mass is 832 g/mol. The van der Waals surface area contributed by atoms with Crippen molar-refractivity contribution in [1.29, 1.82) is 0 Å². The van der Waals surface area contributed by atoms with Crippen LogP contribution in [0.25, 0.3) is 86.9 Å². The van der Waals surface area contributed by atoms with Crippen molar-refractivity contribution in [2.45, 2.75) is 5.41 Å². The Morgan fingerprint density at radius 3 is 1.59 bits per heavy atom. The quantitative estimate of drug-likeness (QED) is 0.173. The summed E-state index contributed by atoms with van der Waals surface area (Å²) in [6, 6.07) is 79.9. The standard InChI is InChI=1S/C60H36N2OS/c1-2-17-47-42(13-1)49(36-57-58(47)48-18-6-12-24-56(48)64-57)37-25-29-39(30-26-37)62(40-31-27-38(28-32-40)59-61-54-22-10-11-23-55(54)63-59)41-33-34-46-45-16-5-9-21-52(45)60(53(46)35-41)50-19-7-3-14-43(50)44-15-4-8-20-51(44)60/h1-36H. The van der Waals surface area contributed by atoms with Gasteiger partial charge in [-0.3, -0.25) is 0 Å². The average Bonchev–Trinajstić information content (AvgIpc) is 4.12. The van der Waals surface area contributed by atoms with Gasteiger partial charge >= 0.3 is 0 Å². The zero-order chi connectivity index (χ0) is 41.9. The third kappa shape index (κ3) is 4.94. The SMILES string of the molecule is c1ccc2c(c1)-c1ccccc1C21c2ccccc2-c2ccc(N(c3ccc(-c4nc5ccccc5o4)cc3)c3ccc(-c4cc5sc6ccccc6c5c5ccccc45)cc3)cc21. The summed E-state index contributed by atoms with van der Waals surface area (Å²) in [5.74, 6) is 0.613. The van der Waals surface area contributed by atoms with Gasteiger partial charge in [-0.1, -0.05) is 146 Å². The van der Waals surface area contributed by atoms with Gasteiger partial charge in [-0.2, -0.15) is 0 Å². The van der Waals surface area contributed by atoms with Gasteiger partial charge in [-0.05, 0) is 139 Å². The van der Waals surface area contributed by atoms with E-state index in [1.54, 1.807) is 0 Å². The van der Waals surface area contributed by atoms with Crippen molar-refractivity contribution in [3.63, 3.8) is 0 Å². The first-order valence-corrected chi connectivity index (χ1v) is 22.7. The number of rotatable bonds is 5. The molecule has 0 fully saturated rings. The fourth-order valence-electron chi connectivity index (χ4n) is 11.0. The van der Waals surface area contributed by atoms with E-state index in [1.165, 1.54) is 86.6 Å². The van der Waals surface area contributed by atoms with Crippen LogP contribution in [-0.4, -0.2) is 4.98 Å². The van der Waals surface area contributed by atoms with E-state index in [0.29, 0.717) is 5.89 Å². The Morgan fingerprint density at radius 1 is 0.391 bits per heavy atom. The van der Waals surface area contributed by atoms with E-state index in [2.05, 4.69) is 199 Å². The molecule has 0 bridgehead atoms. The Labute approximate surface area is 373 Å². The highest BCUT2D eigenvalue weighted by atomic mass is 32.1. The summed E-state index contributed by atoms with van der Waals surface area (Å²) in [5, 5.41) is 5.22. The first-order valence-electron chi connectivity index (χ1n) is 21.9. The maximum absolute atomic E-state index is 6.22. The predicted molar refractivity (Wildman–Crippen MR) is 266 cm³/mol. The number of benzene rings is 10. The molecule has 3 nitrogen and oxygen atoms in total. The van der Waals surface area contributed by atoms with Gasteiger partial charge in [-0.25, -0.2) is 4.98 Å². The molecule has 12 aromatic rings. The van der Waals surface area contributed by atoms with Gasteiger partial charge in [0, 0.05) is 42.8 Å². The van der Waals surface area contributed by atoms with Crippen LogP contribution in [0.2, 0.25) is 0 Å². The van der Waals surface area contributed by atoms with Gasteiger partial charge in [0.15, 0.2) is 5.58 Å². The Hall–Kier alpha value is -8.05. The molecule has 298 valence electrons. The molecule has 2 aromatic heterocycles. The normalized spacial score (nSPS) is 13.1. The summed E-state index contributed by atoms with van der Waals surface area (Å²) >= 11 is 1.87. The number of oxazole rings is 1. The molecule has 0 N–H and O–H groups in total. The Morgan fingerprint density at radius 2 is 0.922 bits per heavy atom. The first-order chi connectivity index (χ1) is 31.7. The number of fused-ring (bicyclic) bond motifs is 16. The van der Waals surface area contributed by atoms with Crippen LogP contribution in [-0.2, 0) is 5.41 Å². The van der Waals surface area contributed by atoms with Crippen molar-refractivity contribution < 1.29 is 4.42 Å². The van der Waals surface area contributed by atoms with Crippen LogP contribution in [0.4, 0.5) is 17.1 Å². The number of hydrogen-bond donors (Lipinski definition) is 0. The molecule has 0 saturated heterocycles. The van der Waals surface area contributed by atoms with Crippen molar-refractivity contribution in [3.8, 4) is 44.8 Å². The zero-order valence-electron chi connectivity index (χ0n) is 34.5. The van der Waals surface area contributed by atoms with Gasteiger partial charge in [0.2, 0.25) is 5.89 Å².